The number of nitrogens with one attached hydrogen (secondary N) is 2. The lowest BCUT2D eigenvalue weighted by atomic mass is 10.0. The molecular weight excluding hydrogens is 497 g/mol. The van der Waals surface area contributed by atoms with Crippen LogP contribution in [0.5, 0.6) is 0 Å². The van der Waals surface area contributed by atoms with Crippen LogP contribution in [0.4, 0.5) is 8.78 Å². The molecule has 0 bridgehead atoms. The maximum Gasteiger partial charge on any atom is 0.191 e. The van der Waals surface area contributed by atoms with Crippen molar-refractivity contribution in [3.8, 4) is 0 Å². The Hall–Kier alpha value is -1.74. The number of aryl methyl sites for hydroxylation is 1. The molecule has 2 aromatic carbocycles. The van der Waals surface area contributed by atoms with Gasteiger partial charge in [0.1, 0.15) is 11.6 Å². The summed E-state index contributed by atoms with van der Waals surface area (Å²) in [5, 5.41) is 6.66. The summed E-state index contributed by atoms with van der Waals surface area (Å²) < 4.78 is 27.0. The molecule has 0 aromatic heterocycles. The molecule has 0 radical (unpaired) electrons. The van der Waals surface area contributed by atoms with Crippen LogP contribution in [0.15, 0.2) is 47.5 Å². The molecule has 1 saturated heterocycles. The van der Waals surface area contributed by atoms with Crippen molar-refractivity contribution < 1.29 is 8.78 Å². The fraction of sp³-hybridized carbons (Fsp3) is 0.435. The molecule has 0 atom stereocenters. The van der Waals surface area contributed by atoms with Crippen LogP contribution in [0.25, 0.3) is 0 Å². The van der Waals surface area contributed by atoms with Gasteiger partial charge in [0.15, 0.2) is 5.96 Å². The third-order valence-corrected chi connectivity index (χ3v) is 5.34. The lowest BCUT2D eigenvalue weighted by Gasteiger charge is -2.33. The van der Waals surface area contributed by atoms with Crippen LogP contribution in [-0.2, 0) is 13.0 Å². The second kappa shape index (κ2) is 12.2. The van der Waals surface area contributed by atoms with Gasteiger partial charge in [-0.25, -0.2) is 8.78 Å². The van der Waals surface area contributed by atoms with E-state index in [1.165, 1.54) is 23.3 Å². The first-order valence-corrected chi connectivity index (χ1v) is 10.2. The number of halogens is 3. The largest absolute Gasteiger partial charge is 0.356 e. The Balaban J connectivity index is 0.00000320. The summed E-state index contributed by atoms with van der Waals surface area (Å²) in [6.45, 7) is 5.68. The summed E-state index contributed by atoms with van der Waals surface area (Å²) in [6.07, 6.45) is 2.50. The van der Waals surface area contributed by atoms with Crippen LogP contribution in [0, 0.1) is 18.6 Å². The summed E-state index contributed by atoms with van der Waals surface area (Å²) in [5.74, 6) is -0.0857. The minimum Gasteiger partial charge on any atom is -0.356 e. The highest BCUT2D eigenvalue weighted by molar-refractivity contribution is 14.0. The third-order valence-electron chi connectivity index (χ3n) is 5.34. The van der Waals surface area contributed by atoms with Crippen LogP contribution >= 0.6 is 24.0 Å². The van der Waals surface area contributed by atoms with Gasteiger partial charge < -0.3 is 10.6 Å². The molecule has 3 rings (SSSR count). The van der Waals surface area contributed by atoms with Crippen molar-refractivity contribution in [2.75, 3.05) is 26.7 Å². The molecule has 1 aliphatic heterocycles. The quantitative estimate of drug-likeness (QED) is 0.335. The highest BCUT2D eigenvalue weighted by Crippen LogP contribution is 2.15. The van der Waals surface area contributed by atoms with Gasteiger partial charge in [-0.3, -0.25) is 9.89 Å². The van der Waals surface area contributed by atoms with Crippen molar-refractivity contribution in [1.82, 2.24) is 15.5 Å². The van der Waals surface area contributed by atoms with Gasteiger partial charge in [0.05, 0.1) is 0 Å². The minimum atomic E-state index is -0.415. The van der Waals surface area contributed by atoms with E-state index in [4.69, 9.17) is 0 Å². The summed E-state index contributed by atoms with van der Waals surface area (Å²) >= 11 is 0. The number of likely N-dealkylation sites (tertiary alicyclic amines) is 1. The van der Waals surface area contributed by atoms with Gasteiger partial charge in [-0.1, -0.05) is 29.8 Å². The first-order chi connectivity index (χ1) is 14.0. The van der Waals surface area contributed by atoms with Crippen molar-refractivity contribution in [2.24, 2.45) is 4.99 Å². The molecule has 2 aromatic rings. The number of hydrogen-bond donors (Lipinski definition) is 2. The average molecular weight is 528 g/mol. The maximum absolute atomic E-state index is 13.7. The van der Waals surface area contributed by atoms with Crippen LogP contribution < -0.4 is 10.6 Å². The van der Waals surface area contributed by atoms with Gasteiger partial charge >= 0.3 is 0 Å². The first-order valence-electron chi connectivity index (χ1n) is 10.2. The van der Waals surface area contributed by atoms with E-state index >= 15 is 0 Å². The number of benzene rings is 2. The van der Waals surface area contributed by atoms with Crippen LogP contribution in [-0.4, -0.2) is 43.6 Å². The minimum absolute atomic E-state index is 0. The molecule has 0 spiro atoms. The van der Waals surface area contributed by atoms with Crippen molar-refractivity contribution in [2.45, 2.75) is 38.8 Å². The monoisotopic (exact) mass is 528 g/mol. The van der Waals surface area contributed by atoms with Gasteiger partial charge in [0.25, 0.3) is 0 Å². The zero-order valence-corrected chi connectivity index (χ0v) is 20.0. The normalized spacial score (nSPS) is 15.5. The van der Waals surface area contributed by atoms with Crippen molar-refractivity contribution in [3.05, 3.63) is 70.8 Å². The molecule has 164 valence electrons. The Morgan fingerprint density at radius 3 is 2.60 bits per heavy atom. The summed E-state index contributed by atoms with van der Waals surface area (Å²) in [4.78, 5) is 6.74. The van der Waals surface area contributed by atoms with E-state index in [9.17, 15) is 8.78 Å². The average Bonchev–Trinajstić information content (AvgIpc) is 2.71. The summed E-state index contributed by atoms with van der Waals surface area (Å²) in [6, 6.07) is 12.6. The topological polar surface area (TPSA) is 39.7 Å². The van der Waals surface area contributed by atoms with Crippen LogP contribution in [0.1, 0.15) is 29.5 Å². The van der Waals surface area contributed by atoms with E-state index in [0.29, 0.717) is 30.5 Å². The molecular formula is C23H31F2IN4. The highest BCUT2D eigenvalue weighted by atomic mass is 127. The van der Waals surface area contributed by atoms with Gasteiger partial charge in [-0.15, -0.1) is 24.0 Å². The summed E-state index contributed by atoms with van der Waals surface area (Å²) in [7, 11) is 1.73. The van der Waals surface area contributed by atoms with Gasteiger partial charge in [-0.05, 0) is 55.5 Å². The molecule has 7 heteroatoms. The number of hydrogen-bond acceptors (Lipinski definition) is 2. The molecule has 1 fully saturated rings. The Morgan fingerprint density at radius 1 is 1.13 bits per heavy atom. The first kappa shape index (κ1) is 24.5. The second-order valence-corrected chi connectivity index (χ2v) is 7.67. The van der Waals surface area contributed by atoms with E-state index in [1.807, 2.05) is 0 Å². The molecule has 1 aliphatic rings. The Kier molecular flexibility index (Phi) is 9.97. The Bertz CT molecular complexity index is 836. The molecule has 1 heterocycles. The number of rotatable bonds is 6. The predicted octanol–water partition coefficient (Wildman–Crippen LogP) is 4.26. The molecule has 0 saturated carbocycles. The highest BCUT2D eigenvalue weighted by Gasteiger charge is 2.20. The molecule has 0 amide bonds. The Labute approximate surface area is 195 Å². The fourth-order valence-electron chi connectivity index (χ4n) is 3.74. The van der Waals surface area contributed by atoms with E-state index in [0.717, 1.165) is 38.5 Å². The predicted molar refractivity (Wildman–Crippen MR) is 129 cm³/mol. The van der Waals surface area contributed by atoms with Crippen LogP contribution in [0.2, 0.25) is 0 Å². The van der Waals surface area contributed by atoms with Gasteiger partial charge in [0, 0.05) is 39.3 Å². The molecule has 0 aliphatic carbocycles. The molecule has 0 unspecified atom stereocenters. The molecule has 4 nitrogen and oxygen atoms in total. The zero-order chi connectivity index (χ0) is 20.6. The fourth-order valence-corrected chi connectivity index (χ4v) is 3.74. The van der Waals surface area contributed by atoms with Gasteiger partial charge in [0.2, 0.25) is 0 Å². The number of piperidine rings is 1. The third kappa shape index (κ3) is 7.50. The number of guanidine groups is 1. The van der Waals surface area contributed by atoms with Crippen molar-refractivity contribution in [3.63, 3.8) is 0 Å². The standard InChI is InChI=1S/C23H30F2N4.HI/c1-17-4-3-5-18(14-17)16-29-12-9-21(10-13-29)28-23(26-2)27-11-8-19-15-20(24)6-7-22(19)25;/h3-7,14-15,21H,8-13,16H2,1-2H3,(H2,26,27,28);1H. The van der Waals surface area contributed by atoms with Crippen molar-refractivity contribution >= 4 is 29.9 Å². The lowest BCUT2D eigenvalue weighted by Crippen LogP contribution is -2.48. The van der Waals surface area contributed by atoms with Crippen molar-refractivity contribution in [1.29, 1.82) is 0 Å². The van der Waals surface area contributed by atoms with Gasteiger partial charge in [-0.2, -0.15) is 0 Å². The van der Waals surface area contributed by atoms with E-state index < -0.39 is 5.82 Å². The summed E-state index contributed by atoms with van der Waals surface area (Å²) in [5.41, 5.74) is 3.03. The smallest absolute Gasteiger partial charge is 0.191 e. The zero-order valence-electron chi connectivity index (χ0n) is 17.6. The van der Waals surface area contributed by atoms with E-state index in [1.54, 1.807) is 7.05 Å². The van der Waals surface area contributed by atoms with Crippen LogP contribution in [0.3, 0.4) is 0 Å². The second-order valence-electron chi connectivity index (χ2n) is 7.67. The maximum atomic E-state index is 13.7. The Morgan fingerprint density at radius 2 is 1.90 bits per heavy atom. The number of nitrogens with zero attached hydrogens (tertiary/aromatic N) is 2. The lowest BCUT2D eigenvalue weighted by molar-refractivity contribution is 0.198. The van der Waals surface area contributed by atoms with E-state index in [2.05, 4.69) is 51.7 Å². The molecule has 30 heavy (non-hydrogen) atoms. The SMILES string of the molecule is CN=C(NCCc1cc(F)ccc1F)NC1CCN(Cc2cccc(C)c2)CC1.I. The van der Waals surface area contributed by atoms with E-state index in [-0.39, 0.29) is 29.8 Å². The molecule has 2 N–H and O–H groups in total. The number of aliphatic imine (C=N–C) groups is 1.